The summed E-state index contributed by atoms with van der Waals surface area (Å²) < 4.78 is 19.2. The maximum Gasteiger partial charge on any atom is 0.256 e. The topological polar surface area (TPSA) is 38.3 Å². The van der Waals surface area contributed by atoms with Crippen LogP contribution in [0.2, 0.25) is 0 Å². The summed E-state index contributed by atoms with van der Waals surface area (Å²) in [5, 5.41) is 2.70. The Balaban J connectivity index is 2.25. The molecule has 6 heteroatoms. The molecule has 0 saturated heterocycles. The molecule has 0 aliphatic carbocycles. The molecule has 0 radical (unpaired) electrons. The number of halogens is 3. The Labute approximate surface area is 132 Å². The molecule has 2 aromatic rings. The zero-order valence-corrected chi connectivity index (χ0v) is 13.6. The number of anilines is 1. The van der Waals surface area contributed by atoms with E-state index in [1.54, 1.807) is 18.2 Å². The third kappa shape index (κ3) is 3.37. The van der Waals surface area contributed by atoms with Crippen molar-refractivity contribution in [3.05, 3.63) is 56.7 Å². The summed E-state index contributed by atoms with van der Waals surface area (Å²) in [4.78, 5) is 12.2. The van der Waals surface area contributed by atoms with Gasteiger partial charge in [-0.2, -0.15) is 0 Å². The van der Waals surface area contributed by atoms with Crippen LogP contribution in [0.15, 0.2) is 45.3 Å². The zero-order chi connectivity index (χ0) is 14.7. The Morgan fingerprint density at radius 2 is 1.90 bits per heavy atom. The predicted octanol–water partition coefficient (Wildman–Crippen LogP) is 4.61. The summed E-state index contributed by atoms with van der Waals surface area (Å²) >= 11 is 6.39. The summed E-state index contributed by atoms with van der Waals surface area (Å²) in [7, 11) is 1.53. The minimum atomic E-state index is -0.384. The van der Waals surface area contributed by atoms with Gasteiger partial charge in [-0.25, -0.2) is 4.39 Å². The highest BCUT2D eigenvalue weighted by atomic mass is 79.9. The van der Waals surface area contributed by atoms with Crippen molar-refractivity contribution in [3.63, 3.8) is 0 Å². The maximum atomic E-state index is 13.1. The van der Waals surface area contributed by atoms with Crippen molar-refractivity contribution >= 4 is 43.5 Å². The number of amides is 1. The number of hydrogen-bond donors (Lipinski definition) is 1. The van der Waals surface area contributed by atoms with Gasteiger partial charge in [-0.1, -0.05) is 0 Å². The molecular weight excluding hydrogens is 393 g/mol. The summed E-state index contributed by atoms with van der Waals surface area (Å²) in [6.07, 6.45) is 0. The Hall–Kier alpha value is -1.40. The Bertz CT molecular complexity index is 662. The lowest BCUT2D eigenvalue weighted by atomic mass is 10.2. The van der Waals surface area contributed by atoms with E-state index in [1.165, 1.54) is 25.3 Å². The minimum Gasteiger partial charge on any atom is -0.497 e. The van der Waals surface area contributed by atoms with Crippen LogP contribution in [0.3, 0.4) is 0 Å². The average molecular weight is 403 g/mol. The van der Waals surface area contributed by atoms with Gasteiger partial charge in [0, 0.05) is 10.2 Å². The normalized spacial score (nSPS) is 10.2. The second kappa shape index (κ2) is 6.37. The first kappa shape index (κ1) is 15.0. The number of benzene rings is 2. The molecule has 0 aromatic heterocycles. The van der Waals surface area contributed by atoms with Crippen molar-refractivity contribution < 1.29 is 13.9 Å². The number of methoxy groups -OCH3 is 1. The van der Waals surface area contributed by atoms with Gasteiger partial charge in [0.1, 0.15) is 11.6 Å². The van der Waals surface area contributed by atoms with Crippen LogP contribution in [0, 0.1) is 5.82 Å². The molecule has 2 aromatic carbocycles. The standard InChI is InChI=1S/C14H10Br2FNO2/c1-20-9-3-4-11(15)10(7-9)14(19)18-8-2-5-13(17)12(16)6-8/h2-7H,1H3,(H,18,19). The van der Waals surface area contributed by atoms with Crippen LogP contribution >= 0.6 is 31.9 Å². The van der Waals surface area contributed by atoms with E-state index in [-0.39, 0.29) is 11.7 Å². The van der Waals surface area contributed by atoms with Gasteiger partial charge in [-0.3, -0.25) is 4.79 Å². The monoisotopic (exact) mass is 401 g/mol. The molecule has 1 N–H and O–H groups in total. The molecule has 20 heavy (non-hydrogen) atoms. The minimum absolute atomic E-state index is 0.292. The fraction of sp³-hybridized carbons (Fsp3) is 0.0714. The number of rotatable bonds is 3. The number of carbonyl (C=O) groups is 1. The van der Waals surface area contributed by atoms with Gasteiger partial charge >= 0.3 is 0 Å². The van der Waals surface area contributed by atoms with E-state index in [0.717, 1.165) is 0 Å². The van der Waals surface area contributed by atoms with E-state index in [0.29, 0.717) is 25.9 Å². The SMILES string of the molecule is COc1ccc(Br)c(C(=O)Nc2ccc(F)c(Br)c2)c1. The van der Waals surface area contributed by atoms with Crippen molar-refractivity contribution in [1.29, 1.82) is 0 Å². The van der Waals surface area contributed by atoms with E-state index < -0.39 is 0 Å². The number of hydrogen-bond acceptors (Lipinski definition) is 2. The molecule has 0 unspecified atom stereocenters. The molecule has 0 atom stereocenters. The highest BCUT2D eigenvalue weighted by molar-refractivity contribution is 9.10. The van der Waals surface area contributed by atoms with Crippen LogP contribution in [0.25, 0.3) is 0 Å². The van der Waals surface area contributed by atoms with Crippen LogP contribution < -0.4 is 10.1 Å². The second-order valence-corrected chi connectivity index (χ2v) is 5.64. The Morgan fingerprint density at radius 1 is 1.15 bits per heavy atom. The molecule has 0 aliphatic heterocycles. The first-order chi connectivity index (χ1) is 9.51. The largest absolute Gasteiger partial charge is 0.497 e. The second-order valence-electron chi connectivity index (χ2n) is 3.93. The van der Waals surface area contributed by atoms with Crippen LogP contribution in [0.1, 0.15) is 10.4 Å². The van der Waals surface area contributed by atoms with Crippen LogP contribution in [0.4, 0.5) is 10.1 Å². The highest BCUT2D eigenvalue weighted by Gasteiger charge is 2.12. The fourth-order valence-electron chi connectivity index (χ4n) is 1.58. The van der Waals surface area contributed by atoms with E-state index >= 15 is 0 Å². The molecule has 0 spiro atoms. The summed E-state index contributed by atoms with van der Waals surface area (Å²) in [5.74, 6) is -0.113. The lowest BCUT2D eigenvalue weighted by Crippen LogP contribution is -2.12. The molecule has 104 valence electrons. The zero-order valence-electron chi connectivity index (χ0n) is 10.4. The number of nitrogens with one attached hydrogen (secondary N) is 1. The summed E-state index contributed by atoms with van der Waals surface area (Å²) in [6, 6.07) is 9.37. The molecule has 2 rings (SSSR count). The molecule has 0 fully saturated rings. The van der Waals surface area contributed by atoms with Crippen LogP contribution in [0.5, 0.6) is 5.75 Å². The molecule has 3 nitrogen and oxygen atoms in total. The predicted molar refractivity (Wildman–Crippen MR) is 82.7 cm³/mol. The van der Waals surface area contributed by atoms with Crippen LogP contribution in [-0.4, -0.2) is 13.0 Å². The van der Waals surface area contributed by atoms with Gasteiger partial charge in [0.25, 0.3) is 5.91 Å². The molecule has 0 aliphatic rings. The molecule has 0 saturated carbocycles. The maximum absolute atomic E-state index is 13.1. The summed E-state index contributed by atoms with van der Waals surface area (Å²) in [5.41, 5.74) is 0.933. The third-order valence-electron chi connectivity index (χ3n) is 2.60. The van der Waals surface area contributed by atoms with Crippen molar-refractivity contribution in [2.24, 2.45) is 0 Å². The van der Waals surface area contributed by atoms with Gasteiger partial charge < -0.3 is 10.1 Å². The lowest BCUT2D eigenvalue weighted by molar-refractivity contribution is 0.102. The van der Waals surface area contributed by atoms with E-state index in [1.807, 2.05) is 0 Å². The Kier molecular flexibility index (Phi) is 4.77. The molecule has 0 bridgehead atoms. The first-order valence-corrected chi connectivity index (χ1v) is 7.20. The average Bonchev–Trinajstić information content (AvgIpc) is 2.43. The lowest BCUT2D eigenvalue weighted by Gasteiger charge is -2.09. The smallest absolute Gasteiger partial charge is 0.256 e. The van der Waals surface area contributed by atoms with Crippen LogP contribution in [-0.2, 0) is 0 Å². The van der Waals surface area contributed by atoms with Gasteiger partial charge in [-0.05, 0) is 68.3 Å². The van der Waals surface area contributed by atoms with Crippen molar-refractivity contribution in [2.75, 3.05) is 12.4 Å². The van der Waals surface area contributed by atoms with Gasteiger partial charge in [0.15, 0.2) is 0 Å². The molecule has 0 heterocycles. The van der Waals surface area contributed by atoms with E-state index in [4.69, 9.17) is 4.74 Å². The highest BCUT2D eigenvalue weighted by Crippen LogP contribution is 2.25. The molecular formula is C14H10Br2FNO2. The fourth-order valence-corrected chi connectivity index (χ4v) is 2.38. The third-order valence-corrected chi connectivity index (χ3v) is 3.89. The van der Waals surface area contributed by atoms with Crippen molar-refractivity contribution in [3.8, 4) is 5.75 Å². The van der Waals surface area contributed by atoms with E-state index in [9.17, 15) is 9.18 Å². The summed E-state index contributed by atoms with van der Waals surface area (Å²) in [6.45, 7) is 0. The first-order valence-electron chi connectivity index (χ1n) is 5.61. The van der Waals surface area contributed by atoms with Gasteiger partial charge in [0.2, 0.25) is 0 Å². The quantitative estimate of drug-likeness (QED) is 0.813. The molecule has 1 amide bonds. The van der Waals surface area contributed by atoms with Crippen molar-refractivity contribution in [2.45, 2.75) is 0 Å². The van der Waals surface area contributed by atoms with Gasteiger partial charge in [-0.15, -0.1) is 0 Å². The van der Waals surface area contributed by atoms with Gasteiger partial charge in [0.05, 0.1) is 17.1 Å². The number of ether oxygens (including phenoxy) is 1. The Morgan fingerprint density at radius 3 is 2.55 bits per heavy atom. The van der Waals surface area contributed by atoms with Crippen molar-refractivity contribution in [1.82, 2.24) is 0 Å². The van der Waals surface area contributed by atoms with E-state index in [2.05, 4.69) is 37.2 Å². The number of carbonyl (C=O) groups excluding carboxylic acids is 1.